The Balaban J connectivity index is 1.70. The van der Waals surface area contributed by atoms with Crippen LogP contribution in [0.4, 0.5) is 0 Å². The first kappa shape index (κ1) is 13.3. The summed E-state index contributed by atoms with van der Waals surface area (Å²) in [6, 6.07) is 4.17. The van der Waals surface area contributed by atoms with E-state index in [0.29, 0.717) is 23.7 Å². The minimum absolute atomic E-state index is 0.0173. The first-order chi connectivity index (χ1) is 9.78. The van der Waals surface area contributed by atoms with Crippen molar-refractivity contribution in [3.63, 3.8) is 0 Å². The van der Waals surface area contributed by atoms with Crippen molar-refractivity contribution in [2.45, 2.75) is 37.8 Å². The summed E-state index contributed by atoms with van der Waals surface area (Å²) in [5, 5.41) is 11.3. The van der Waals surface area contributed by atoms with Crippen LogP contribution < -0.4 is 10.1 Å². The zero-order valence-corrected chi connectivity index (χ0v) is 11.7. The third-order valence-corrected chi connectivity index (χ3v) is 3.90. The average molecular weight is 276 g/mol. The van der Waals surface area contributed by atoms with Crippen molar-refractivity contribution < 1.29 is 9.53 Å². The van der Waals surface area contributed by atoms with Gasteiger partial charge in [0.15, 0.2) is 5.69 Å². The van der Waals surface area contributed by atoms with Crippen LogP contribution in [0.2, 0.25) is 0 Å². The molecule has 1 amide bonds. The molecule has 6 heteroatoms. The molecule has 0 bridgehead atoms. The number of rotatable bonds is 5. The van der Waals surface area contributed by atoms with Crippen LogP contribution in [0.15, 0.2) is 12.1 Å². The van der Waals surface area contributed by atoms with E-state index in [2.05, 4.69) is 15.5 Å². The Morgan fingerprint density at radius 2 is 2.25 bits per heavy atom. The minimum Gasteiger partial charge on any atom is -0.480 e. The number of carbonyl (C=O) groups excluding carboxylic acids is 1. The number of carbonyl (C=O) groups is 1. The van der Waals surface area contributed by atoms with Gasteiger partial charge in [0.25, 0.3) is 5.91 Å². The van der Waals surface area contributed by atoms with E-state index in [9.17, 15) is 4.79 Å². The van der Waals surface area contributed by atoms with Gasteiger partial charge in [0.2, 0.25) is 5.88 Å². The normalized spacial score (nSPS) is 21.8. The maximum Gasteiger partial charge on any atom is 0.274 e. The summed E-state index contributed by atoms with van der Waals surface area (Å²) in [5.74, 6) is 0.410. The summed E-state index contributed by atoms with van der Waals surface area (Å²) in [6.07, 6.45) is 4.54. The third kappa shape index (κ3) is 2.90. The lowest BCUT2D eigenvalue weighted by Crippen LogP contribution is -2.42. The molecule has 1 aromatic rings. The fourth-order valence-corrected chi connectivity index (χ4v) is 2.62. The molecular formula is C14H20N4O2. The molecule has 3 rings (SSSR count). The van der Waals surface area contributed by atoms with E-state index in [-0.39, 0.29) is 5.91 Å². The Bertz CT molecular complexity index is 467. The lowest BCUT2D eigenvalue weighted by molar-refractivity contribution is 0.0721. The number of methoxy groups -OCH3 is 1. The fraction of sp³-hybridized carbons (Fsp3) is 0.643. The first-order valence-electron chi connectivity index (χ1n) is 7.20. The van der Waals surface area contributed by atoms with E-state index < -0.39 is 0 Å². The van der Waals surface area contributed by atoms with E-state index in [1.54, 1.807) is 12.1 Å². The van der Waals surface area contributed by atoms with E-state index >= 15 is 0 Å². The molecule has 2 aliphatic rings. The Labute approximate surface area is 118 Å². The van der Waals surface area contributed by atoms with Gasteiger partial charge in [0.05, 0.1) is 7.11 Å². The van der Waals surface area contributed by atoms with Crippen molar-refractivity contribution in [3.8, 4) is 5.88 Å². The van der Waals surface area contributed by atoms with Crippen molar-refractivity contribution in [2.24, 2.45) is 0 Å². The van der Waals surface area contributed by atoms with E-state index in [0.717, 1.165) is 32.4 Å². The number of nitrogens with one attached hydrogen (secondary N) is 1. The maximum atomic E-state index is 12.6. The molecule has 0 spiro atoms. The molecule has 0 radical (unpaired) electrons. The molecule has 1 saturated carbocycles. The highest BCUT2D eigenvalue weighted by atomic mass is 16.5. The van der Waals surface area contributed by atoms with Gasteiger partial charge in [-0.05, 0) is 38.3 Å². The van der Waals surface area contributed by atoms with Gasteiger partial charge < -0.3 is 15.0 Å². The van der Waals surface area contributed by atoms with Gasteiger partial charge in [0.1, 0.15) is 0 Å². The monoisotopic (exact) mass is 276 g/mol. The van der Waals surface area contributed by atoms with Crippen LogP contribution in [0, 0.1) is 0 Å². The van der Waals surface area contributed by atoms with Crippen LogP contribution in [0.3, 0.4) is 0 Å². The van der Waals surface area contributed by atoms with Gasteiger partial charge in [-0.15, -0.1) is 10.2 Å². The Kier molecular flexibility index (Phi) is 3.82. The molecule has 2 heterocycles. The van der Waals surface area contributed by atoms with Crippen LogP contribution in [0.25, 0.3) is 0 Å². The van der Waals surface area contributed by atoms with Crippen LogP contribution in [-0.4, -0.2) is 53.3 Å². The fourth-order valence-electron chi connectivity index (χ4n) is 2.62. The molecule has 1 aromatic heterocycles. The predicted molar refractivity (Wildman–Crippen MR) is 73.7 cm³/mol. The van der Waals surface area contributed by atoms with Gasteiger partial charge in [-0.1, -0.05) is 0 Å². The largest absolute Gasteiger partial charge is 0.480 e. The van der Waals surface area contributed by atoms with Crippen LogP contribution in [0.1, 0.15) is 36.2 Å². The van der Waals surface area contributed by atoms with Crippen molar-refractivity contribution in [2.75, 3.05) is 20.2 Å². The third-order valence-electron chi connectivity index (χ3n) is 3.90. The van der Waals surface area contributed by atoms with E-state index in [1.807, 2.05) is 4.90 Å². The second-order valence-electron chi connectivity index (χ2n) is 5.44. The van der Waals surface area contributed by atoms with Crippen molar-refractivity contribution in [1.29, 1.82) is 0 Å². The van der Waals surface area contributed by atoms with E-state index in [4.69, 9.17) is 4.74 Å². The second kappa shape index (κ2) is 5.75. The molecule has 2 fully saturated rings. The number of nitrogens with zero attached hydrogens (tertiary/aromatic N) is 3. The molecule has 1 saturated heterocycles. The molecule has 108 valence electrons. The smallest absolute Gasteiger partial charge is 0.274 e. The number of aromatic nitrogens is 2. The zero-order chi connectivity index (χ0) is 13.9. The highest BCUT2D eigenvalue weighted by Crippen LogP contribution is 2.29. The van der Waals surface area contributed by atoms with Crippen molar-refractivity contribution in [3.05, 3.63) is 17.8 Å². The van der Waals surface area contributed by atoms with Gasteiger partial charge in [-0.2, -0.15) is 0 Å². The summed E-state index contributed by atoms with van der Waals surface area (Å²) in [4.78, 5) is 14.5. The Morgan fingerprint density at radius 1 is 1.40 bits per heavy atom. The lowest BCUT2D eigenvalue weighted by Gasteiger charge is -2.25. The standard InChI is InChI=1S/C14H20N4O2/c1-20-13-7-6-12(16-17-13)14(19)18(11-4-5-11)9-10-3-2-8-15-10/h6-7,10-11,15H,2-5,8-9H2,1H3. The molecule has 1 atom stereocenters. The molecule has 1 aliphatic carbocycles. The molecule has 6 nitrogen and oxygen atoms in total. The maximum absolute atomic E-state index is 12.6. The molecule has 1 unspecified atom stereocenters. The highest BCUT2D eigenvalue weighted by molar-refractivity contribution is 5.92. The molecular weight excluding hydrogens is 256 g/mol. The van der Waals surface area contributed by atoms with Crippen LogP contribution in [0.5, 0.6) is 5.88 Å². The molecule has 20 heavy (non-hydrogen) atoms. The number of ether oxygens (including phenoxy) is 1. The number of amides is 1. The predicted octanol–water partition coefficient (Wildman–Crippen LogP) is 0.842. The van der Waals surface area contributed by atoms with Crippen LogP contribution in [-0.2, 0) is 0 Å². The van der Waals surface area contributed by atoms with Gasteiger partial charge in [0, 0.05) is 24.7 Å². The van der Waals surface area contributed by atoms with Gasteiger partial charge in [-0.25, -0.2) is 0 Å². The van der Waals surface area contributed by atoms with Crippen molar-refractivity contribution in [1.82, 2.24) is 20.4 Å². The lowest BCUT2D eigenvalue weighted by atomic mass is 10.2. The summed E-state index contributed by atoms with van der Waals surface area (Å²) in [7, 11) is 1.54. The molecule has 1 N–H and O–H groups in total. The summed E-state index contributed by atoms with van der Waals surface area (Å²) in [5.41, 5.74) is 0.399. The Hall–Kier alpha value is -1.69. The minimum atomic E-state index is -0.0173. The number of hydrogen-bond donors (Lipinski definition) is 1. The van der Waals surface area contributed by atoms with E-state index in [1.165, 1.54) is 13.5 Å². The SMILES string of the molecule is COc1ccc(C(=O)N(CC2CCCN2)C2CC2)nn1. The van der Waals surface area contributed by atoms with Gasteiger partial charge in [-0.3, -0.25) is 4.79 Å². The summed E-state index contributed by atoms with van der Waals surface area (Å²) in [6.45, 7) is 1.83. The highest BCUT2D eigenvalue weighted by Gasteiger charge is 2.35. The molecule has 1 aliphatic heterocycles. The van der Waals surface area contributed by atoms with Crippen LogP contribution >= 0.6 is 0 Å². The average Bonchev–Trinajstić information content (AvgIpc) is 3.21. The van der Waals surface area contributed by atoms with Crippen molar-refractivity contribution >= 4 is 5.91 Å². The summed E-state index contributed by atoms with van der Waals surface area (Å²) >= 11 is 0. The Morgan fingerprint density at radius 3 is 2.80 bits per heavy atom. The second-order valence-corrected chi connectivity index (χ2v) is 5.44. The molecule has 0 aromatic carbocycles. The first-order valence-corrected chi connectivity index (χ1v) is 7.20. The zero-order valence-electron chi connectivity index (χ0n) is 11.7. The summed E-state index contributed by atoms with van der Waals surface area (Å²) < 4.78 is 4.97. The topological polar surface area (TPSA) is 67.3 Å². The number of hydrogen-bond acceptors (Lipinski definition) is 5. The van der Waals surface area contributed by atoms with Gasteiger partial charge >= 0.3 is 0 Å². The quantitative estimate of drug-likeness (QED) is 0.863.